The molecule has 0 aliphatic heterocycles. The van der Waals surface area contributed by atoms with Gasteiger partial charge in [-0.05, 0) is 0 Å². The topological polar surface area (TPSA) is 74.6 Å². The Kier molecular flexibility index (Phi) is 2.20. The van der Waals surface area contributed by atoms with Crippen LogP contribution in [0.5, 0.6) is 0 Å². The van der Waals surface area contributed by atoms with Crippen LogP contribution >= 0.6 is 0 Å². The van der Waals surface area contributed by atoms with Crippen LogP contribution in [0.2, 0.25) is 5.54 Å². The van der Waals surface area contributed by atoms with Gasteiger partial charge >= 0.3 is 11.9 Å². The highest BCUT2D eigenvalue weighted by atomic mass is 28.1. The molecule has 8 heavy (non-hydrogen) atoms. The van der Waals surface area contributed by atoms with E-state index in [1.165, 1.54) is 0 Å². The van der Waals surface area contributed by atoms with Crippen molar-refractivity contribution in [1.29, 1.82) is 0 Å². The minimum Gasteiger partial charge on any atom is -0.481 e. The molecule has 0 saturated heterocycles. The van der Waals surface area contributed by atoms with E-state index < -0.39 is 17.5 Å². The molecule has 0 spiro atoms. The van der Waals surface area contributed by atoms with Crippen molar-refractivity contribution in [2.24, 2.45) is 0 Å². The van der Waals surface area contributed by atoms with E-state index in [1.54, 1.807) is 0 Å². The van der Waals surface area contributed by atoms with Gasteiger partial charge in [-0.1, -0.05) is 0 Å². The van der Waals surface area contributed by atoms with Gasteiger partial charge in [0.25, 0.3) is 0 Å². The number of rotatable bonds is 2. The Morgan fingerprint density at radius 2 is 1.50 bits per heavy atom. The largest absolute Gasteiger partial charge is 0.481 e. The van der Waals surface area contributed by atoms with E-state index in [1.807, 2.05) is 0 Å². The normalized spacial score (nSPS) is 9.62. The van der Waals surface area contributed by atoms with Gasteiger partial charge in [0.15, 0.2) is 0 Å². The zero-order chi connectivity index (χ0) is 6.73. The Balaban J connectivity index is 3.83. The average molecular weight is 134 g/mol. The van der Waals surface area contributed by atoms with Gasteiger partial charge in [0.1, 0.15) is 5.54 Å². The van der Waals surface area contributed by atoms with Crippen LogP contribution in [0.4, 0.5) is 0 Å². The maximum absolute atomic E-state index is 9.79. The predicted molar refractivity (Wildman–Crippen MR) is 29.0 cm³/mol. The monoisotopic (exact) mass is 134 g/mol. The number of hydrogen-bond donors (Lipinski definition) is 2. The lowest BCUT2D eigenvalue weighted by atomic mass is 10.4. The highest BCUT2D eigenvalue weighted by Crippen LogP contribution is 1.95. The third-order valence-electron chi connectivity index (χ3n) is 0.741. The van der Waals surface area contributed by atoms with Gasteiger partial charge in [-0.15, -0.1) is 0 Å². The van der Waals surface area contributed by atoms with Gasteiger partial charge in [-0.2, -0.15) is 0 Å². The predicted octanol–water partition coefficient (Wildman–Crippen LogP) is -1.69. The molecule has 0 aromatic carbocycles. The summed E-state index contributed by atoms with van der Waals surface area (Å²) in [6.45, 7) is 0. The van der Waals surface area contributed by atoms with Gasteiger partial charge in [0, 0.05) is 10.2 Å². The summed E-state index contributed by atoms with van der Waals surface area (Å²) >= 11 is 0. The summed E-state index contributed by atoms with van der Waals surface area (Å²) in [5, 5.41) is 16.0. The van der Waals surface area contributed by atoms with Crippen LogP contribution in [0.1, 0.15) is 0 Å². The van der Waals surface area contributed by atoms with Crippen molar-refractivity contribution in [2.45, 2.75) is 5.54 Å². The average Bonchev–Trinajstić information content (AvgIpc) is 1.64. The molecule has 0 rings (SSSR count). The molecule has 0 fully saturated rings. The molecule has 0 aromatic rings. The maximum atomic E-state index is 9.79. The zero-order valence-electron chi connectivity index (χ0n) is 4.29. The molecule has 0 aliphatic carbocycles. The molecule has 0 atom stereocenters. The third-order valence-corrected chi connectivity index (χ3v) is 1.73. The highest BCUT2D eigenvalue weighted by Gasteiger charge is 2.17. The first-order chi connectivity index (χ1) is 3.55. The smallest absolute Gasteiger partial charge is 0.313 e. The molecule has 4 nitrogen and oxygen atoms in total. The maximum Gasteiger partial charge on any atom is 0.313 e. The van der Waals surface area contributed by atoms with Crippen molar-refractivity contribution in [2.75, 3.05) is 0 Å². The number of hydrogen-bond acceptors (Lipinski definition) is 2. The second kappa shape index (κ2) is 2.46. The molecule has 0 amide bonds. The lowest BCUT2D eigenvalue weighted by molar-refractivity contribution is -0.146. The van der Waals surface area contributed by atoms with Crippen LogP contribution in [-0.2, 0) is 9.59 Å². The molecular weight excluding hydrogens is 128 g/mol. The zero-order valence-corrected chi connectivity index (χ0v) is 6.29. The summed E-state index contributed by atoms with van der Waals surface area (Å²) in [6.07, 6.45) is 0. The summed E-state index contributed by atoms with van der Waals surface area (Å²) in [4.78, 5) is 19.6. The molecule has 2 N–H and O–H groups in total. The van der Waals surface area contributed by atoms with Crippen molar-refractivity contribution in [3.63, 3.8) is 0 Å². The van der Waals surface area contributed by atoms with Crippen LogP contribution in [0.3, 0.4) is 0 Å². The van der Waals surface area contributed by atoms with Gasteiger partial charge in [0.2, 0.25) is 0 Å². The van der Waals surface area contributed by atoms with Crippen LogP contribution < -0.4 is 0 Å². The van der Waals surface area contributed by atoms with E-state index in [-0.39, 0.29) is 10.2 Å². The summed E-state index contributed by atoms with van der Waals surface area (Å²) in [6, 6.07) is 0. The van der Waals surface area contributed by atoms with Crippen LogP contribution in [0, 0.1) is 0 Å². The SMILES string of the molecule is O=C(O)C([SiH3])C(=O)O. The number of carboxylic acid groups (broad SMARTS) is 2. The van der Waals surface area contributed by atoms with Crippen LogP contribution in [0.15, 0.2) is 0 Å². The van der Waals surface area contributed by atoms with Crippen molar-refractivity contribution in [3.8, 4) is 0 Å². The molecule has 0 heterocycles. The molecule has 0 radical (unpaired) electrons. The summed E-state index contributed by atoms with van der Waals surface area (Å²) < 4.78 is 0. The fourth-order valence-electron chi connectivity index (χ4n) is 0.106. The summed E-state index contributed by atoms with van der Waals surface area (Å²) in [5.74, 6) is -2.49. The Labute approximate surface area is 48.6 Å². The van der Waals surface area contributed by atoms with Gasteiger partial charge in [-0.25, -0.2) is 0 Å². The number of carbonyl (C=O) groups is 2. The lowest BCUT2D eigenvalue weighted by Gasteiger charge is -1.94. The molecule has 0 aromatic heterocycles. The van der Waals surface area contributed by atoms with E-state index in [4.69, 9.17) is 10.2 Å². The Morgan fingerprint density at radius 1 is 1.25 bits per heavy atom. The van der Waals surface area contributed by atoms with Crippen LogP contribution in [0.25, 0.3) is 0 Å². The Hall–Kier alpha value is -0.843. The van der Waals surface area contributed by atoms with E-state index in [0.717, 1.165) is 0 Å². The van der Waals surface area contributed by atoms with E-state index >= 15 is 0 Å². The molecule has 0 aliphatic rings. The molecule has 5 heteroatoms. The van der Waals surface area contributed by atoms with Crippen LogP contribution in [-0.4, -0.2) is 32.4 Å². The minimum atomic E-state index is -1.25. The second-order valence-electron chi connectivity index (χ2n) is 1.40. The van der Waals surface area contributed by atoms with Gasteiger partial charge < -0.3 is 10.2 Å². The van der Waals surface area contributed by atoms with E-state index in [0.29, 0.717) is 0 Å². The first kappa shape index (κ1) is 7.16. The summed E-state index contributed by atoms with van der Waals surface area (Å²) in [7, 11) is 0.159. The standard InChI is InChI=1S/C3H6O4Si/c4-2(5)1(8)3(6)7/h1H,8H3,(H,4,5)(H,6,7). The number of aliphatic carboxylic acids is 2. The van der Waals surface area contributed by atoms with Crippen molar-refractivity contribution in [1.82, 2.24) is 0 Å². The molecule has 0 saturated carbocycles. The van der Waals surface area contributed by atoms with E-state index in [9.17, 15) is 9.59 Å². The molecule has 0 bridgehead atoms. The number of carboxylic acids is 2. The fraction of sp³-hybridized carbons (Fsp3) is 0.333. The highest BCUT2D eigenvalue weighted by molar-refractivity contribution is 6.33. The Morgan fingerprint density at radius 3 is 1.50 bits per heavy atom. The van der Waals surface area contributed by atoms with Gasteiger partial charge in [0.05, 0.1) is 0 Å². The first-order valence-electron chi connectivity index (χ1n) is 2.01. The minimum absolute atomic E-state index is 0.159. The Bertz CT molecular complexity index is 106. The molecular formula is C3H6O4Si. The third kappa shape index (κ3) is 1.74. The van der Waals surface area contributed by atoms with Crippen molar-refractivity contribution >= 4 is 22.2 Å². The second-order valence-corrected chi connectivity index (χ2v) is 2.55. The first-order valence-corrected chi connectivity index (χ1v) is 3.16. The van der Waals surface area contributed by atoms with E-state index in [2.05, 4.69) is 0 Å². The van der Waals surface area contributed by atoms with Crippen molar-refractivity contribution < 1.29 is 19.8 Å². The van der Waals surface area contributed by atoms with Gasteiger partial charge in [-0.3, -0.25) is 9.59 Å². The molecule has 0 unspecified atom stereocenters. The van der Waals surface area contributed by atoms with Crippen molar-refractivity contribution in [3.05, 3.63) is 0 Å². The summed E-state index contributed by atoms with van der Waals surface area (Å²) in [5.41, 5.74) is -1.16. The quantitative estimate of drug-likeness (QED) is 0.349. The fourth-order valence-corrected chi connectivity index (χ4v) is 0.106. The molecule has 46 valence electrons. The lowest BCUT2D eigenvalue weighted by Crippen LogP contribution is -2.16.